The lowest BCUT2D eigenvalue weighted by Crippen LogP contribution is -2.59. The van der Waals surface area contributed by atoms with Crippen molar-refractivity contribution in [3.63, 3.8) is 0 Å². The van der Waals surface area contributed by atoms with Crippen molar-refractivity contribution in [3.05, 3.63) is 48.2 Å². The highest BCUT2D eigenvalue weighted by Crippen LogP contribution is 2.32. The van der Waals surface area contributed by atoms with Crippen molar-refractivity contribution in [2.24, 2.45) is 0 Å². The third-order valence-corrected chi connectivity index (χ3v) is 4.81. The van der Waals surface area contributed by atoms with E-state index in [4.69, 9.17) is 4.42 Å². The molecule has 0 atom stereocenters. The number of rotatable bonds is 4. The van der Waals surface area contributed by atoms with Crippen LogP contribution in [0.3, 0.4) is 0 Å². The maximum absolute atomic E-state index is 12.2. The molecule has 0 saturated heterocycles. The Bertz CT molecular complexity index is 952. The third-order valence-electron chi connectivity index (χ3n) is 4.81. The van der Waals surface area contributed by atoms with Gasteiger partial charge in [0.2, 0.25) is 5.91 Å². The van der Waals surface area contributed by atoms with Gasteiger partial charge in [0.1, 0.15) is 16.9 Å². The van der Waals surface area contributed by atoms with Crippen LogP contribution < -0.4 is 5.32 Å². The third kappa shape index (κ3) is 2.33. The number of nitrogens with one attached hydrogen (secondary N) is 1. The Balaban J connectivity index is 1.59. The summed E-state index contributed by atoms with van der Waals surface area (Å²) in [7, 11) is 0. The monoisotopic (exact) mass is 323 g/mol. The van der Waals surface area contributed by atoms with Crippen LogP contribution in [-0.2, 0) is 16.0 Å². The van der Waals surface area contributed by atoms with E-state index >= 15 is 0 Å². The molecule has 0 bridgehead atoms. The highest BCUT2D eigenvalue weighted by Gasteiger charge is 2.45. The number of aliphatic carboxylic acids is 1. The largest absolute Gasteiger partial charge is 0.480 e. The summed E-state index contributed by atoms with van der Waals surface area (Å²) in [5.41, 5.74) is -0.358. The number of carbonyl (C=O) groups is 2. The first-order valence-corrected chi connectivity index (χ1v) is 8.02. The zero-order valence-corrected chi connectivity index (χ0v) is 13.0. The molecule has 2 aromatic carbocycles. The first kappa shape index (κ1) is 14.8. The van der Waals surface area contributed by atoms with E-state index in [0.29, 0.717) is 18.6 Å². The quantitative estimate of drug-likeness (QED) is 0.772. The smallest absolute Gasteiger partial charge is 0.329 e. The zero-order valence-electron chi connectivity index (χ0n) is 13.0. The summed E-state index contributed by atoms with van der Waals surface area (Å²) >= 11 is 0. The Kier molecular flexibility index (Phi) is 3.30. The molecule has 24 heavy (non-hydrogen) atoms. The van der Waals surface area contributed by atoms with Crippen molar-refractivity contribution in [1.29, 1.82) is 0 Å². The maximum atomic E-state index is 12.2. The maximum Gasteiger partial charge on any atom is 0.329 e. The molecule has 1 aliphatic carbocycles. The lowest BCUT2D eigenvalue weighted by Gasteiger charge is -2.38. The minimum absolute atomic E-state index is 0.0397. The molecule has 1 heterocycles. The van der Waals surface area contributed by atoms with Crippen LogP contribution in [0.2, 0.25) is 0 Å². The fraction of sp³-hybridized carbons (Fsp3) is 0.263. The van der Waals surface area contributed by atoms with Gasteiger partial charge in [0.25, 0.3) is 0 Å². The van der Waals surface area contributed by atoms with Gasteiger partial charge in [0.05, 0.1) is 6.42 Å². The number of amides is 1. The normalized spacial score (nSPS) is 16.0. The molecular weight excluding hydrogens is 306 g/mol. The first-order valence-electron chi connectivity index (χ1n) is 8.02. The van der Waals surface area contributed by atoms with Crippen molar-refractivity contribution >= 4 is 33.6 Å². The van der Waals surface area contributed by atoms with Crippen molar-refractivity contribution in [2.45, 2.75) is 31.2 Å². The Hall–Kier alpha value is -2.82. The van der Waals surface area contributed by atoms with Gasteiger partial charge in [-0.15, -0.1) is 0 Å². The summed E-state index contributed by atoms with van der Waals surface area (Å²) in [5, 5.41) is 15.1. The molecule has 5 nitrogen and oxygen atoms in total. The molecule has 1 aliphatic rings. The Labute approximate surface area is 138 Å². The van der Waals surface area contributed by atoms with Crippen LogP contribution in [0, 0.1) is 0 Å². The van der Waals surface area contributed by atoms with Gasteiger partial charge in [-0.2, -0.15) is 0 Å². The van der Waals surface area contributed by atoms with E-state index in [9.17, 15) is 14.7 Å². The number of fused-ring (bicyclic) bond motifs is 3. The fourth-order valence-electron chi connectivity index (χ4n) is 3.32. The summed E-state index contributed by atoms with van der Waals surface area (Å²) in [4.78, 5) is 23.6. The summed E-state index contributed by atoms with van der Waals surface area (Å²) in [5.74, 6) is -0.739. The van der Waals surface area contributed by atoms with Gasteiger partial charge in [0.15, 0.2) is 0 Å². The van der Waals surface area contributed by atoms with Crippen LogP contribution in [0.25, 0.3) is 21.7 Å². The molecule has 4 rings (SSSR count). The number of furan rings is 1. The summed E-state index contributed by atoms with van der Waals surface area (Å²) in [6.07, 6.45) is 1.83. The number of carboxylic acids is 1. The van der Waals surface area contributed by atoms with Crippen molar-refractivity contribution in [3.8, 4) is 0 Å². The van der Waals surface area contributed by atoms with Gasteiger partial charge in [-0.25, -0.2) is 4.79 Å². The van der Waals surface area contributed by atoms with E-state index in [1.807, 2.05) is 42.5 Å². The molecule has 5 heteroatoms. The Morgan fingerprint density at radius 1 is 1.12 bits per heavy atom. The van der Waals surface area contributed by atoms with E-state index in [2.05, 4.69) is 5.32 Å². The second-order valence-electron chi connectivity index (χ2n) is 6.38. The molecule has 122 valence electrons. The Morgan fingerprint density at radius 2 is 1.92 bits per heavy atom. The molecule has 2 N–H and O–H groups in total. The van der Waals surface area contributed by atoms with Gasteiger partial charge in [-0.05, 0) is 42.2 Å². The lowest BCUT2D eigenvalue weighted by molar-refractivity contribution is -0.151. The average molecular weight is 323 g/mol. The van der Waals surface area contributed by atoms with E-state index in [-0.39, 0.29) is 12.3 Å². The molecular formula is C19H17NO4. The van der Waals surface area contributed by atoms with Gasteiger partial charge >= 0.3 is 5.97 Å². The van der Waals surface area contributed by atoms with Gasteiger partial charge in [-0.1, -0.05) is 30.3 Å². The predicted octanol–water partition coefficient (Wildman–Crippen LogP) is 3.25. The number of benzene rings is 2. The van der Waals surface area contributed by atoms with E-state index < -0.39 is 11.5 Å². The number of hydrogen-bond donors (Lipinski definition) is 2. The SMILES string of the molecule is O=C(Cc1cc2c(ccc3ccccc32)o1)NC1(C(=O)O)CCC1. The molecule has 0 radical (unpaired) electrons. The van der Waals surface area contributed by atoms with Crippen molar-refractivity contribution in [1.82, 2.24) is 5.32 Å². The molecule has 1 aromatic heterocycles. The number of carboxylic acid groups (broad SMARTS) is 1. The average Bonchev–Trinajstić information content (AvgIpc) is 2.93. The molecule has 1 fully saturated rings. The van der Waals surface area contributed by atoms with E-state index in [1.165, 1.54) is 0 Å². The molecule has 1 saturated carbocycles. The van der Waals surface area contributed by atoms with Crippen molar-refractivity contribution in [2.75, 3.05) is 0 Å². The highest BCUT2D eigenvalue weighted by atomic mass is 16.4. The predicted molar refractivity (Wildman–Crippen MR) is 89.8 cm³/mol. The van der Waals surface area contributed by atoms with Crippen LogP contribution in [0.1, 0.15) is 25.0 Å². The first-order chi connectivity index (χ1) is 11.6. The molecule has 0 spiro atoms. The van der Waals surface area contributed by atoms with E-state index in [0.717, 1.165) is 28.2 Å². The minimum Gasteiger partial charge on any atom is -0.480 e. The molecule has 3 aromatic rings. The van der Waals surface area contributed by atoms with Gasteiger partial charge < -0.3 is 14.8 Å². The van der Waals surface area contributed by atoms with Crippen molar-refractivity contribution < 1.29 is 19.1 Å². The van der Waals surface area contributed by atoms with Crippen LogP contribution in [0.4, 0.5) is 0 Å². The zero-order chi connectivity index (χ0) is 16.7. The van der Waals surface area contributed by atoms with Crippen LogP contribution >= 0.6 is 0 Å². The highest BCUT2D eigenvalue weighted by molar-refractivity contribution is 6.06. The number of carbonyl (C=O) groups excluding carboxylic acids is 1. The molecule has 1 amide bonds. The van der Waals surface area contributed by atoms with Crippen LogP contribution in [-0.4, -0.2) is 22.5 Å². The van der Waals surface area contributed by atoms with Gasteiger partial charge in [0, 0.05) is 5.39 Å². The number of hydrogen-bond acceptors (Lipinski definition) is 3. The summed E-state index contributed by atoms with van der Waals surface area (Å²) in [6.45, 7) is 0. The molecule has 0 aliphatic heterocycles. The fourth-order valence-corrected chi connectivity index (χ4v) is 3.32. The summed E-state index contributed by atoms with van der Waals surface area (Å²) in [6, 6.07) is 13.7. The lowest BCUT2D eigenvalue weighted by atomic mass is 9.76. The van der Waals surface area contributed by atoms with E-state index in [1.54, 1.807) is 0 Å². The molecule has 0 unspecified atom stereocenters. The standard InChI is InChI=1S/C19H17NO4/c21-17(20-19(18(22)23)8-3-9-19)11-13-10-15-14-5-2-1-4-12(14)6-7-16(15)24-13/h1-2,4-7,10H,3,8-9,11H2,(H,20,21)(H,22,23). The second kappa shape index (κ2) is 5.37. The van der Waals surface area contributed by atoms with Crippen LogP contribution in [0.15, 0.2) is 46.9 Å². The Morgan fingerprint density at radius 3 is 2.62 bits per heavy atom. The van der Waals surface area contributed by atoms with Crippen LogP contribution in [0.5, 0.6) is 0 Å². The topological polar surface area (TPSA) is 79.5 Å². The summed E-state index contributed by atoms with van der Waals surface area (Å²) < 4.78 is 5.77. The van der Waals surface area contributed by atoms with Gasteiger partial charge in [-0.3, -0.25) is 4.79 Å². The second-order valence-corrected chi connectivity index (χ2v) is 6.38. The minimum atomic E-state index is -1.09.